The van der Waals surface area contributed by atoms with Crippen LogP contribution in [0.4, 0.5) is 5.69 Å². The van der Waals surface area contributed by atoms with Crippen molar-refractivity contribution >= 4 is 22.6 Å². The van der Waals surface area contributed by atoms with Gasteiger partial charge in [0.1, 0.15) is 11.6 Å². The molecule has 3 aromatic rings. The maximum absolute atomic E-state index is 12.7. The number of aryl methyl sites for hydroxylation is 1. The Bertz CT molecular complexity index is 1030. The van der Waals surface area contributed by atoms with Crippen molar-refractivity contribution in [1.29, 1.82) is 0 Å². The van der Waals surface area contributed by atoms with E-state index in [-0.39, 0.29) is 11.3 Å². The lowest BCUT2D eigenvalue weighted by molar-refractivity contribution is -0.144. The van der Waals surface area contributed by atoms with Crippen LogP contribution in [0.1, 0.15) is 11.4 Å². The fourth-order valence-electron chi connectivity index (χ4n) is 4.46. The van der Waals surface area contributed by atoms with Gasteiger partial charge in [0, 0.05) is 37.3 Å². The van der Waals surface area contributed by atoms with Crippen LogP contribution in [-0.2, 0) is 11.2 Å². The van der Waals surface area contributed by atoms with Crippen LogP contribution in [0.15, 0.2) is 42.5 Å². The highest BCUT2D eigenvalue weighted by atomic mass is 16.5. The minimum absolute atomic E-state index is 0.212. The number of aromatic amines is 1. The molecule has 28 heavy (non-hydrogen) atoms. The molecule has 0 aliphatic carbocycles. The summed E-state index contributed by atoms with van der Waals surface area (Å²) in [6.45, 7) is 5.71. The first-order valence-corrected chi connectivity index (χ1v) is 9.66. The molecule has 0 radical (unpaired) electrons. The normalized spacial score (nSPS) is 17.5. The van der Waals surface area contributed by atoms with Crippen molar-refractivity contribution in [1.82, 2.24) is 14.9 Å². The van der Waals surface area contributed by atoms with Gasteiger partial charge in [0.05, 0.1) is 24.6 Å². The van der Waals surface area contributed by atoms with Gasteiger partial charge in [-0.2, -0.15) is 0 Å². The molecular formula is C22H24N4O2. The molecule has 0 unspecified atom stereocenters. The van der Waals surface area contributed by atoms with Crippen molar-refractivity contribution in [2.24, 2.45) is 5.41 Å². The summed E-state index contributed by atoms with van der Waals surface area (Å²) in [7, 11) is 1.68. The van der Waals surface area contributed by atoms with Crippen LogP contribution in [-0.4, -0.2) is 54.1 Å². The Balaban J connectivity index is 1.16. The third kappa shape index (κ3) is 2.89. The lowest BCUT2D eigenvalue weighted by atomic mass is 9.72. The van der Waals surface area contributed by atoms with Gasteiger partial charge in [-0.3, -0.25) is 4.79 Å². The van der Waals surface area contributed by atoms with Crippen molar-refractivity contribution in [2.75, 3.05) is 38.2 Å². The Kier molecular flexibility index (Phi) is 3.82. The van der Waals surface area contributed by atoms with Gasteiger partial charge in [0.25, 0.3) is 0 Å². The third-order valence-electron chi connectivity index (χ3n) is 5.92. The standard InChI is InChI=1S/C22H24N4O2/c1-15-23-19-8-3-16(9-20(19)24-15)10-21(27)26-13-22(14-26)11-25(12-22)17-4-6-18(28-2)7-5-17/h3-9H,10-14H2,1-2H3,(H,23,24). The molecule has 6 nitrogen and oxygen atoms in total. The number of rotatable bonds is 4. The molecule has 0 bridgehead atoms. The van der Waals surface area contributed by atoms with Gasteiger partial charge in [-0.15, -0.1) is 0 Å². The summed E-state index contributed by atoms with van der Waals surface area (Å²) in [5, 5.41) is 0. The Morgan fingerprint density at radius 1 is 1.14 bits per heavy atom. The Hall–Kier alpha value is -3.02. The van der Waals surface area contributed by atoms with E-state index in [1.807, 2.05) is 42.2 Å². The monoisotopic (exact) mass is 376 g/mol. The second kappa shape index (κ2) is 6.26. The van der Waals surface area contributed by atoms with Crippen LogP contribution in [0.25, 0.3) is 11.0 Å². The van der Waals surface area contributed by atoms with Crippen LogP contribution in [0, 0.1) is 12.3 Å². The molecule has 2 fully saturated rings. The van der Waals surface area contributed by atoms with E-state index in [1.54, 1.807) is 7.11 Å². The number of carbonyl (C=O) groups excluding carboxylic acids is 1. The maximum Gasteiger partial charge on any atom is 0.227 e. The molecule has 2 aliphatic rings. The Morgan fingerprint density at radius 2 is 1.89 bits per heavy atom. The lowest BCUT2D eigenvalue weighted by Gasteiger charge is -2.61. The summed E-state index contributed by atoms with van der Waals surface area (Å²) in [6, 6.07) is 14.2. The quantitative estimate of drug-likeness (QED) is 0.761. The number of fused-ring (bicyclic) bond motifs is 1. The molecular weight excluding hydrogens is 352 g/mol. The highest BCUT2D eigenvalue weighted by Crippen LogP contribution is 2.42. The van der Waals surface area contributed by atoms with Crippen LogP contribution < -0.4 is 9.64 Å². The molecule has 1 amide bonds. The van der Waals surface area contributed by atoms with Crippen molar-refractivity contribution in [3.63, 3.8) is 0 Å². The molecule has 1 aromatic heterocycles. The van der Waals surface area contributed by atoms with Gasteiger partial charge in [-0.1, -0.05) is 6.07 Å². The molecule has 144 valence electrons. The molecule has 5 rings (SSSR count). The number of H-pyrrole nitrogens is 1. The van der Waals surface area contributed by atoms with Crippen molar-refractivity contribution in [3.8, 4) is 5.75 Å². The number of methoxy groups -OCH3 is 1. The largest absolute Gasteiger partial charge is 0.497 e. The van der Waals surface area contributed by atoms with E-state index in [0.717, 1.165) is 54.3 Å². The summed E-state index contributed by atoms with van der Waals surface area (Å²) >= 11 is 0. The fraction of sp³-hybridized carbons (Fsp3) is 0.364. The molecule has 0 saturated carbocycles. The molecule has 2 saturated heterocycles. The second-order valence-electron chi connectivity index (χ2n) is 8.15. The Labute approximate surface area is 164 Å². The van der Waals surface area contributed by atoms with E-state index in [9.17, 15) is 4.79 Å². The summed E-state index contributed by atoms with van der Waals surface area (Å²) in [4.78, 5) is 24.7. The van der Waals surface area contributed by atoms with Gasteiger partial charge in [-0.05, 0) is 48.9 Å². The number of aromatic nitrogens is 2. The SMILES string of the molecule is COc1ccc(N2CC3(CN(C(=O)Cc4ccc5nc(C)[nH]c5c4)C3)C2)cc1. The first-order chi connectivity index (χ1) is 13.5. The maximum atomic E-state index is 12.7. The molecule has 3 heterocycles. The second-order valence-corrected chi connectivity index (χ2v) is 8.15. The predicted molar refractivity (Wildman–Crippen MR) is 109 cm³/mol. The minimum Gasteiger partial charge on any atom is -0.497 e. The van der Waals surface area contributed by atoms with Crippen molar-refractivity contribution < 1.29 is 9.53 Å². The highest BCUT2D eigenvalue weighted by molar-refractivity contribution is 5.82. The first-order valence-electron chi connectivity index (χ1n) is 9.66. The molecule has 6 heteroatoms. The van der Waals surface area contributed by atoms with E-state index in [4.69, 9.17) is 4.74 Å². The topological polar surface area (TPSA) is 61.5 Å². The summed E-state index contributed by atoms with van der Waals surface area (Å²) < 4.78 is 5.22. The average Bonchev–Trinajstić information content (AvgIpc) is 2.99. The zero-order chi connectivity index (χ0) is 19.3. The predicted octanol–water partition coefficient (Wildman–Crippen LogP) is 2.77. The summed E-state index contributed by atoms with van der Waals surface area (Å²) in [6.07, 6.45) is 0.451. The average molecular weight is 376 g/mol. The highest BCUT2D eigenvalue weighted by Gasteiger charge is 2.53. The number of benzene rings is 2. The number of imidazole rings is 1. The van der Waals surface area contributed by atoms with E-state index in [2.05, 4.69) is 27.0 Å². The number of likely N-dealkylation sites (tertiary alicyclic amines) is 1. The third-order valence-corrected chi connectivity index (χ3v) is 5.92. The lowest BCUT2D eigenvalue weighted by Crippen LogP contribution is -2.73. The smallest absolute Gasteiger partial charge is 0.227 e. The van der Waals surface area contributed by atoms with E-state index < -0.39 is 0 Å². The van der Waals surface area contributed by atoms with Gasteiger partial charge in [0.15, 0.2) is 0 Å². The van der Waals surface area contributed by atoms with Gasteiger partial charge in [0.2, 0.25) is 5.91 Å². The van der Waals surface area contributed by atoms with Gasteiger partial charge >= 0.3 is 0 Å². The number of anilines is 1. The Morgan fingerprint density at radius 3 is 2.61 bits per heavy atom. The first kappa shape index (κ1) is 17.1. The minimum atomic E-state index is 0.212. The molecule has 1 spiro atoms. The van der Waals surface area contributed by atoms with Crippen molar-refractivity contribution in [2.45, 2.75) is 13.3 Å². The number of nitrogens with one attached hydrogen (secondary N) is 1. The number of ether oxygens (including phenoxy) is 1. The van der Waals surface area contributed by atoms with Crippen LogP contribution in [0.2, 0.25) is 0 Å². The number of carbonyl (C=O) groups is 1. The number of hydrogen-bond acceptors (Lipinski definition) is 4. The van der Waals surface area contributed by atoms with Gasteiger partial charge < -0.3 is 19.5 Å². The van der Waals surface area contributed by atoms with Crippen LogP contribution in [0.3, 0.4) is 0 Å². The summed E-state index contributed by atoms with van der Waals surface area (Å²) in [5.74, 6) is 1.99. The van der Waals surface area contributed by atoms with E-state index in [0.29, 0.717) is 6.42 Å². The number of amides is 1. The molecule has 0 atom stereocenters. The van der Waals surface area contributed by atoms with Crippen LogP contribution in [0.5, 0.6) is 5.75 Å². The summed E-state index contributed by atoms with van der Waals surface area (Å²) in [5.41, 5.74) is 4.48. The number of nitrogens with zero attached hydrogens (tertiary/aromatic N) is 3. The fourth-order valence-corrected chi connectivity index (χ4v) is 4.46. The zero-order valence-electron chi connectivity index (χ0n) is 16.2. The van der Waals surface area contributed by atoms with E-state index >= 15 is 0 Å². The van der Waals surface area contributed by atoms with E-state index in [1.165, 1.54) is 5.69 Å². The number of hydrogen-bond donors (Lipinski definition) is 1. The molecule has 2 aliphatic heterocycles. The molecule has 1 N–H and O–H groups in total. The van der Waals surface area contributed by atoms with Crippen LogP contribution >= 0.6 is 0 Å². The van der Waals surface area contributed by atoms with Crippen molar-refractivity contribution in [3.05, 3.63) is 53.9 Å². The zero-order valence-corrected chi connectivity index (χ0v) is 16.2. The van der Waals surface area contributed by atoms with Gasteiger partial charge in [-0.25, -0.2) is 4.98 Å². The molecule has 2 aromatic carbocycles.